The zero-order valence-corrected chi connectivity index (χ0v) is 15.4. The van der Waals surface area contributed by atoms with Crippen LogP contribution in [-0.2, 0) is 0 Å². The van der Waals surface area contributed by atoms with Crippen molar-refractivity contribution in [3.05, 3.63) is 71.9 Å². The number of ketones is 1. The molecule has 6 heteroatoms. The molecule has 0 bridgehead atoms. The molecular weight excluding hydrogens is 348 g/mol. The van der Waals surface area contributed by atoms with Crippen molar-refractivity contribution in [2.45, 2.75) is 6.04 Å². The van der Waals surface area contributed by atoms with E-state index < -0.39 is 5.92 Å². The third kappa shape index (κ3) is 3.41. The molecule has 26 heavy (non-hydrogen) atoms. The van der Waals surface area contributed by atoms with Crippen LogP contribution in [0.4, 0.5) is 0 Å². The Morgan fingerprint density at radius 2 is 1.77 bits per heavy atom. The van der Waals surface area contributed by atoms with Crippen LogP contribution < -0.4 is 20.1 Å². The fourth-order valence-corrected chi connectivity index (χ4v) is 3.36. The lowest BCUT2D eigenvalue weighted by molar-refractivity contribution is 0.0912. The van der Waals surface area contributed by atoms with Crippen LogP contribution in [0.25, 0.3) is 0 Å². The Balaban J connectivity index is 2.02. The van der Waals surface area contributed by atoms with Gasteiger partial charge in [0.15, 0.2) is 22.4 Å². The zero-order chi connectivity index (χ0) is 18.7. The molecule has 1 saturated heterocycles. The number of benzene rings is 2. The molecular formula is C20H20N2O3S. The van der Waals surface area contributed by atoms with Gasteiger partial charge >= 0.3 is 0 Å². The Bertz CT molecular complexity index is 851. The Morgan fingerprint density at radius 1 is 1.08 bits per heavy atom. The van der Waals surface area contributed by atoms with E-state index in [0.717, 1.165) is 5.56 Å². The molecule has 134 valence electrons. The first-order valence-electron chi connectivity index (χ1n) is 8.12. The molecule has 0 spiro atoms. The summed E-state index contributed by atoms with van der Waals surface area (Å²) < 4.78 is 10.7. The second-order valence-corrected chi connectivity index (χ2v) is 6.33. The fourth-order valence-electron chi connectivity index (χ4n) is 3.10. The van der Waals surface area contributed by atoms with Crippen LogP contribution in [0, 0.1) is 5.92 Å². The van der Waals surface area contributed by atoms with Gasteiger partial charge in [0, 0.05) is 11.3 Å². The summed E-state index contributed by atoms with van der Waals surface area (Å²) in [6.07, 6.45) is 0. The topological polar surface area (TPSA) is 59.6 Å². The smallest absolute Gasteiger partial charge is 0.174 e. The van der Waals surface area contributed by atoms with E-state index in [1.165, 1.54) is 0 Å². The highest BCUT2D eigenvalue weighted by atomic mass is 32.1. The van der Waals surface area contributed by atoms with Crippen LogP contribution in [-0.4, -0.2) is 25.1 Å². The molecule has 0 aromatic heterocycles. The maximum absolute atomic E-state index is 13.1. The number of ether oxygens (including phenoxy) is 2. The highest BCUT2D eigenvalue weighted by Gasteiger charge is 2.37. The van der Waals surface area contributed by atoms with Gasteiger partial charge in [-0.05, 0) is 29.9 Å². The predicted molar refractivity (Wildman–Crippen MR) is 105 cm³/mol. The molecule has 0 amide bonds. The summed E-state index contributed by atoms with van der Waals surface area (Å²) in [5.41, 5.74) is 2.06. The van der Waals surface area contributed by atoms with Crippen LogP contribution in [0.2, 0.25) is 0 Å². The first kappa shape index (κ1) is 17.9. The van der Waals surface area contributed by atoms with Gasteiger partial charge in [-0.25, -0.2) is 0 Å². The third-order valence-corrected chi connectivity index (χ3v) is 4.60. The monoisotopic (exact) mass is 368 g/mol. The average Bonchev–Trinajstić information content (AvgIpc) is 2.67. The number of hydrogen-bond donors (Lipinski definition) is 2. The number of Topliss-reactive ketones (excluding diaryl/α,β-unsaturated/α-hetero) is 1. The molecule has 3 rings (SSSR count). The molecule has 0 unspecified atom stereocenters. The highest BCUT2D eigenvalue weighted by molar-refractivity contribution is 7.80. The van der Waals surface area contributed by atoms with Crippen LogP contribution in [0.1, 0.15) is 22.0 Å². The summed E-state index contributed by atoms with van der Waals surface area (Å²) in [4.78, 5) is 13.1. The van der Waals surface area contributed by atoms with Gasteiger partial charge in [-0.3, -0.25) is 4.79 Å². The Hall–Kier alpha value is -2.86. The van der Waals surface area contributed by atoms with Crippen molar-refractivity contribution >= 4 is 23.1 Å². The van der Waals surface area contributed by atoms with Crippen molar-refractivity contribution in [1.82, 2.24) is 10.6 Å². The molecule has 2 atom stereocenters. The minimum atomic E-state index is -0.512. The maximum Gasteiger partial charge on any atom is 0.174 e. The average molecular weight is 368 g/mol. The Kier molecular flexibility index (Phi) is 5.23. The number of hydrogen-bond acceptors (Lipinski definition) is 4. The summed E-state index contributed by atoms with van der Waals surface area (Å²) >= 11 is 5.28. The molecule has 1 aliphatic heterocycles. The van der Waals surface area contributed by atoms with Gasteiger partial charge in [0.05, 0.1) is 26.2 Å². The molecule has 2 aromatic carbocycles. The lowest BCUT2D eigenvalue weighted by Crippen LogP contribution is -2.50. The summed E-state index contributed by atoms with van der Waals surface area (Å²) in [5, 5.41) is 6.61. The van der Waals surface area contributed by atoms with Gasteiger partial charge in [-0.2, -0.15) is 0 Å². The molecule has 1 heterocycles. The molecule has 0 radical (unpaired) electrons. The fraction of sp³-hybridized carbons (Fsp3) is 0.200. The number of carbonyl (C=O) groups is 1. The minimum absolute atomic E-state index is 0.0297. The van der Waals surface area contributed by atoms with Gasteiger partial charge < -0.3 is 20.1 Å². The van der Waals surface area contributed by atoms with Gasteiger partial charge in [0.25, 0.3) is 0 Å². The maximum atomic E-state index is 13.1. The van der Waals surface area contributed by atoms with E-state index in [-0.39, 0.29) is 11.8 Å². The molecule has 0 saturated carbocycles. The number of carbonyl (C=O) groups excluding carboxylic acids is 1. The van der Waals surface area contributed by atoms with E-state index in [9.17, 15) is 4.79 Å². The Morgan fingerprint density at radius 3 is 2.42 bits per heavy atom. The molecule has 1 aliphatic rings. The number of thiocarbonyl (C=S) groups is 1. The third-order valence-electron chi connectivity index (χ3n) is 4.38. The number of rotatable bonds is 5. The second kappa shape index (κ2) is 7.58. The SMILES string of the molecule is C=C1NC(=S)N[C@H](c2ccc(OC)c(OC)c2)[C@H]1C(=O)c1ccccc1. The molecule has 2 N–H and O–H groups in total. The molecule has 0 aliphatic carbocycles. The van der Waals surface area contributed by atoms with Crippen molar-refractivity contribution in [1.29, 1.82) is 0 Å². The molecule has 1 fully saturated rings. The predicted octanol–water partition coefficient (Wildman–Crippen LogP) is 3.24. The van der Waals surface area contributed by atoms with Crippen LogP contribution >= 0.6 is 12.2 Å². The van der Waals surface area contributed by atoms with Crippen LogP contribution in [0.3, 0.4) is 0 Å². The first-order chi connectivity index (χ1) is 12.5. The van der Waals surface area contributed by atoms with Crippen LogP contribution in [0.15, 0.2) is 60.8 Å². The second-order valence-electron chi connectivity index (χ2n) is 5.92. The van der Waals surface area contributed by atoms with Crippen molar-refractivity contribution in [2.24, 2.45) is 5.92 Å². The zero-order valence-electron chi connectivity index (χ0n) is 14.6. The number of nitrogens with one attached hydrogen (secondary N) is 2. The normalized spacial score (nSPS) is 19.3. The van der Waals surface area contributed by atoms with Crippen molar-refractivity contribution in [2.75, 3.05) is 14.2 Å². The quantitative estimate of drug-likeness (QED) is 0.624. The van der Waals surface area contributed by atoms with E-state index in [0.29, 0.717) is 27.9 Å². The van der Waals surface area contributed by atoms with E-state index in [1.807, 2.05) is 36.4 Å². The largest absolute Gasteiger partial charge is 0.493 e. The lowest BCUT2D eigenvalue weighted by atomic mass is 9.83. The minimum Gasteiger partial charge on any atom is -0.493 e. The standard InChI is InChI=1S/C20H20N2O3S/c1-12-17(19(23)13-7-5-4-6-8-13)18(22-20(26)21-12)14-9-10-15(24-2)16(11-14)25-3/h4-11,17-18H,1H2,2-3H3,(H2,21,22,26)/t17-,18+/m0/s1. The molecule has 5 nitrogen and oxygen atoms in total. The highest BCUT2D eigenvalue weighted by Crippen LogP contribution is 2.36. The lowest BCUT2D eigenvalue weighted by Gasteiger charge is -2.35. The summed E-state index contributed by atoms with van der Waals surface area (Å²) in [5.74, 6) is 0.672. The Labute approximate surface area is 158 Å². The van der Waals surface area contributed by atoms with Crippen molar-refractivity contribution < 1.29 is 14.3 Å². The van der Waals surface area contributed by atoms with Crippen LogP contribution in [0.5, 0.6) is 11.5 Å². The van der Waals surface area contributed by atoms with E-state index in [1.54, 1.807) is 26.4 Å². The number of methoxy groups -OCH3 is 2. The van der Waals surface area contributed by atoms with Gasteiger partial charge in [-0.1, -0.05) is 43.0 Å². The van der Waals surface area contributed by atoms with E-state index >= 15 is 0 Å². The summed E-state index contributed by atoms with van der Waals surface area (Å²) in [7, 11) is 3.16. The summed E-state index contributed by atoms with van der Waals surface area (Å²) in [6, 6.07) is 14.4. The van der Waals surface area contributed by atoms with Gasteiger partial charge in [-0.15, -0.1) is 0 Å². The van der Waals surface area contributed by atoms with Crippen molar-refractivity contribution in [3.8, 4) is 11.5 Å². The van der Waals surface area contributed by atoms with E-state index in [4.69, 9.17) is 21.7 Å². The van der Waals surface area contributed by atoms with Gasteiger partial charge in [0.1, 0.15) is 0 Å². The summed E-state index contributed by atoms with van der Waals surface area (Å²) in [6.45, 7) is 4.03. The first-order valence-corrected chi connectivity index (χ1v) is 8.53. The van der Waals surface area contributed by atoms with Crippen molar-refractivity contribution in [3.63, 3.8) is 0 Å². The van der Waals surface area contributed by atoms with E-state index in [2.05, 4.69) is 17.2 Å². The van der Waals surface area contributed by atoms with Gasteiger partial charge in [0.2, 0.25) is 0 Å². The molecule has 2 aromatic rings.